The minimum Gasteiger partial charge on any atom is -0.378 e. The van der Waals surface area contributed by atoms with Crippen LogP contribution < -0.4 is 5.32 Å². The maximum atomic E-state index is 5.71. The first-order valence-corrected chi connectivity index (χ1v) is 7.76. The Morgan fingerprint density at radius 3 is 2.84 bits per heavy atom. The molecular weight excluding hydrogens is 234 g/mol. The van der Waals surface area contributed by atoms with Crippen LogP contribution in [0.25, 0.3) is 0 Å². The van der Waals surface area contributed by atoms with Gasteiger partial charge in [0.05, 0.1) is 6.10 Å². The van der Waals surface area contributed by atoms with Crippen LogP contribution in [0.15, 0.2) is 30.3 Å². The van der Waals surface area contributed by atoms with E-state index >= 15 is 0 Å². The Kier molecular flexibility index (Phi) is 6.38. The van der Waals surface area contributed by atoms with Gasteiger partial charge in [-0.15, -0.1) is 0 Å². The number of rotatable bonds is 8. The molecule has 0 bridgehead atoms. The Hall–Kier alpha value is -0.860. The summed E-state index contributed by atoms with van der Waals surface area (Å²) in [6.45, 7) is 5.45. The summed E-state index contributed by atoms with van der Waals surface area (Å²) >= 11 is 0. The highest BCUT2D eigenvalue weighted by atomic mass is 16.5. The van der Waals surface area contributed by atoms with Crippen molar-refractivity contribution < 1.29 is 4.74 Å². The second kappa shape index (κ2) is 8.34. The van der Waals surface area contributed by atoms with Gasteiger partial charge in [-0.05, 0) is 50.1 Å². The second-order valence-corrected chi connectivity index (χ2v) is 5.51. The molecule has 1 N–H and O–H groups in total. The molecule has 0 radical (unpaired) electrons. The summed E-state index contributed by atoms with van der Waals surface area (Å²) in [5.41, 5.74) is 1.46. The smallest absolute Gasteiger partial charge is 0.0613 e. The van der Waals surface area contributed by atoms with E-state index in [4.69, 9.17) is 4.74 Å². The van der Waals surface area contributed by atoms with Crippen molar-refractivity contribution in [3.8, 4) is 0 Å². The number of unbranched alkanes of at least 4 members (excludes halogenated alkanes) is 1. The summed E-state index contributed by atoms with van der Waals surface area (Å²) in [5, 5.41) is 3.60. The molecule has 1 aliphatic heterocycles. The zero-order valence-electron chi connectivity index (χ0n) is 12.1. The quantitative estimate of drug-likeness (QED) is 0.724. The fourth-order valence-electron chi connectivity index (χ4n) is 2.89. The van der Waals surface area contributed by atoms with Crippen molar-refractivity contribution in [2.45, 2.75) is 45.1 Å². The van der Waals surface area contributed by atoms with Crippen molar-refractivity contribution >= 4 is 0 Å². The van der Waals surface area contributed by atoms with E-state index in [-0.39, 0.29) is 0 Å². The van der Waals surface area contributed by atoms with E-state index in [1.54, 1.807) is 0 Å². The van der Waals surface area contributed by atoms with Gasteiger partial charge in [0.1, 0.15) is 0 Å². The van der Waals surface area contributed by atoms with Crippen molar-refractivity contribution in [2.24, 2.45) is 5.92 Å². The monoisotopic (exact) mass is 261 g/mol. The van der Waals surface area contributed by atoms with Crippen molar-refractivity contribution in [1.82, 2.24) is 5.32 Å². The number of nitrogens with one attached hydrogen (secondary N) is 1. The number of benzene rings is 1. The van der Waals surface area contributed by atoms with Gasteiger partial charge in [0, 0.05) is 13.2 Å². The minimum atomic E-state index is 0.497. The third kappa shape index (κ3) is 4.96. The van der Waals surface area contributed by atoms with Gasteiger partial charge in [0.2, 0.25) is 0 Å². The third-order valence-corrected chi connectivity index (χ3v) is 4.07. The average molecular weight is 261 g/mol. The van der Waals surface area contributed by atoms with E-state index in [0.29, 0.717) is 6.10 Å². The van der Waals surface area contributed by atoms with Gasteiger partial charge in [-0.3, -0.25) is 0 Å². The predicted octanol–water partition coefficient (Wildman–Crippen LogP) is 3.41. The van der Waals surface area contributed by atoms with Gasteiger partial charge in [0.15, 0.2) is 0 Å². The maximum absolute atomic E-state index is 5.71. The lowest BCUT2D eigenvalue weighted by molar-refractivity contribution is 0.0873. The molecule has 1 fully saturated rings. The molecule has 1 saturated heterocycles. The summed E-state index contributed by atoms with van der Waals surface area (Å²) in [6, 6.07) is 10.8. The molecule has 2 rings (SSSR count). The van der Waals surface area contributed by atoms with E-state index in [1.165, 1.54) is 31.2 Å². The highest BCUT2D eigenvalue weighted by molar-refractivity contribution is 5.14. The Labute approximate surface area is 117 Å². The van der Waals surface area contributed by atoms with Crippen LogP contribution in [0.5, 0.6) is 0 Å². The highest BCUT2D eigenvalue weighted by Gasteiger charge is 2.25. The molecule has 0 aliphatic carbocycles. The zero-order valence-corrected chi connectivity index (χ0v) is 12.1. The molecule has 0 amide bonds. The molecule has 1 aliphatic rings. The van der Waals surface area contributed by atoms with Crippen molar-refractivity contribution in [3.05, 3.63) is 35.9 Å². The summed E-state index contributed by atoms with van der Waals surface area (Å²) in [6.07, 6.45) is 6.62. The van der Waals surface area contributed by atoms with Crippen LogP contribution in [0.1, 0.15) is 38.2 Å². The Morgan fingerprint density at radius 2 is 2.05 bits per heavy atom. The van der Waals surface area contributed by atoms with E-state index in [9.17, 15) is 0 Å². The summed E-state index contributed by atoms with van der Waals surface area (Å²) in [4.78, 5) is 0. The van der Waals surface area contributed by atoms with Gasteiger partial charge in [-0.1, -0.05) is 37.3 Å². The topological polar surface area (TPSA) is 21.3 Å². The normalized spacial score (nSPS) is 22.8. The first kappa shape index (κ1) is 14.5. The SMILES string of the molecule is CCC1OCCC1CNCCCCc1ccccc1. The number of ether oxygens (including phenoxy) is 1. The van der Waals surface area contributed by atoms with E-state index in [2.05, 4.69) is 42.6 Å². The molecule has 1 aromatic rings. The van der Waals surface area contributed by atoms with Crippen molar-refractivity contribution in [2.75, 3.05) is 19.7 Å². The van der Waals surface area contributed by atoms with E-state index < -0.39 is 0 Å². The van der Waals surface area contributed by atoms with Crippen LogP contribution in [-0.4, -0.2) is 25.8 Å². The first-order chi connectivity index (χ1) is 9.40. The van der Waals surface area contributed by atoms with Crippen LogP contribution in [0.3, 0.4) is 0 Å². The summed E-state index contributed by atoms with van der Waals surface area (Å²) < 4.78 is 5.71. The maximum Gasteiger partial charge on any atom is 0.0613 e. The van der Waals surface area contributed by atoms with E-state index in [1.807, 2.05) is 0 Å². The van der Waals surface area contributed by atoms with Crippen LogP contribution in [0, 0.1) is 5.92 Å². The molecular formula is C17H27NO. The average Bonchev–Trinajstić information content (AvgIpc) is 2.91. The van der Waals surface area contributed by atoms with Gasteiger partial charge in [0.25, 0.3) is 0 Å². The van der Waals surface area contributed by atoms with Gasteiger partial charge in [-0.25, -0.2) is 0 Å². The molecule has 1 heterocycles. The molecule has 106 valence electrons. The Balaban J connectivity index is 1.50. The standard InChI is InChI=1S/C17H27NO/c1-2-17-16(11-13-19-17)14-18-12-7-6-10-15-8-4-3-5-9-15/h3-5,8-9,16-18H,2,6-7,10-14H2,1H3. The number of hydrogen-bond acceptors (Lipinski definition) is 2. The van der Waals surface area contributed by atoms with Gasteiger partial charge < -0.3 is 10.1 Å². The fourth-order valence-corrected chi connectivity index (χ4v) is 2.89. The summed E-state index contributed by atoms with van der Waals surface area (Å²) in [5.74, 6) is 0.735. The van der Waals surface area contributed by atoms with Crippen LogP contribution in [0.4, 0.5) is 0 Å². The lowest BCUT2D eigenvalue weighted by Gasteiger charge is -2.17. The molecule has 0 spiro atoms. The molecule has 2 heteroatoms. The molecule has 0 saturated carbocycles. The first-order valence-electron chi connectivity index (χ1n) is 7.76. The highest BCUT2D eigenvalue weighted by Crippen LogP contribution is 2.22. The van der Waals surface area contributed by atoms with Crippen LogP contribution >= 0.6 is 0 Å². The van der Waals surface area contributed by atoms with Crippen LogP contribution in [0.2, 0.25) is 0 Å². The Bertz CT molecular complexity index is 338. The van der Waals surface area contributed by atoms with Gasteiger partial charge in [-0.2, -0.15) is 0 Å². The number of aryl methyl sites for hydroxylation is 1. The molecule has 1 aromatic carbocycles. The molecule has 2 nitrogen and oxygen atoms in total. The lowest BCUT2D eigenvalue weighted by atomic mass is 9.99. The van der Waals surface area contributed by atoms with E-state index in [0.717, 1.165) is 32.0 Å². The predicted molar refractivity (Wildman–Crippen MR) is 80.4 cm³/mol. The zero-order chi connectivity index (χ0) is 13.3. The molecule has 19 heavy (non-hydrogen) atoms. The van der Waals surface area contributed by atoms with Crippen molar-refractivity contribution in [1.29, 1.82) is 0 Å². The number of hydrogen-bond donors (Lipinski definition) is 1. The minimum absolute atomic E-state index is 0.497. The molecule has 2 atom stereocenters. The molecule has 2 unspecified atom stereocenters. The summed E-state index contributed by atoms with van der Waals surface area (Å²) in [7, 11) is 0. The Morgan fingerprint density at radius 1 is 1.21 bits per heavy atom. The second-order valence-electron chi connectivity index (χ2n) is 5.51. The largest absolute Gasteiger partial charge is 0.378 e. The fraction of sp³-hybridized carbons (Fsp3) is 0.647. The third-order valence-electron chi connectivity index (χ3n) is 4.07. The lowest BCUT2D eigenvalue weighted by Crippen LogP contribution is -2.28. The van der Waals surface area contributed by atoms with Gasteiger partial charge >= 0.3 is 0 Å². The molecule has 0 aromatic heterocycles. The van der Waals surface area contributed by atoms with Crippen molar-refractivity contribution in [3.63, 3.8) is 0 Å². The van der Waals surface area contributed by atoms with Crippen LogP contribution in [-0.2, 0) is 11.2 Å².